The maximum absolute atomic E-state index is 6.76. The fourth-order valence-corrected chi connectivity index (χ4v) is 8.04. The normalized spacial score (nSPS) is 12.1. The molecule has 3 heterocycles. The Hall–Kier alpha value is -6.45. The Labute approximate surface area is 302 Å². The largest absolute Gasteiger partial charge is 0.455 e. The lowest BCUT2D eigenvalue weighted by Gasteiger charge is -2.18. The molecule has 0 atom stereocenters. The van der Waals surface area contributed by atoms with Gasteiger partial charge in [0.05, 0.1) is 16.9 Å². The van der Waals surface area contributed by atoms with Crippen LogP contribution < -0.4 is 0 Å². The maximum atomic E-state index is 6.76. The number of rotatable bonds is 4. The third-order valence-corrected chi connectivity index (χ3v) is 10.5. The van der Waals surface area contributed by atoms with Gasteiger partial charge in [0, 0.05) is 43.8 Å². The maximum Gasteiger partial charge on any atom is 0.146 e. The third kappa shape index (κ3) is 4.70. The van der Waals surface area contributed by atoms with E-state index in [1.165, 1.54) is 16.3 Å². The SMILES string of the molecule is CC(C)(C)c1cccc2c1oc1c(-c3cccc(-c4ccc5c(c4)c4ccccc4c4nc(-c6ccccc6)c(-c6ccccc6)n54)c3)cccc12. The molecule has 0 bridgehead atoms. The van der Waals surface area contributed by atoms with Crippen molar-refractivity contribution < 1.29 is 4.42 Å². The van der Waals surface area contributed by atoms with Gasteiger partial charge in [0.2, 0.25) is 0 Å². The zero-order chi connectivity index (χ0) is 35.0. The predicted octanol–water partition coefficient (Wildman–Crippen LogP) is 13.5. The first-order valence-electron chi connectivity index (χ1n) is 18.0. The van der Waals surface area contributed by atoms with E-state index in [0.717, 1.165) is 83.3 Å². The molecule has 0 aliphatic heterocycles. The first-order chi connectivity index (χ1) is 25.4. The minimum Gasteiger partial charge on any atom is -0.455 e. The lowest BCUT2D eigenvalue weighted by Crippen LogP contribution is -2.10. The van der Waals surface area contributed by atoms with Crippen molar-refractivity contribution in [3.05, 3.63) is 169 Å². The molecule has 0 unspecified atom stereocenters. The molecule has 3 heteroatoms. The van der Waals surface area contributed by atoms with Gasteiger partial charge < -0.3 is 4.42 Å². The molecule has 0 saturated carbocycles. The summed E-state index contributed by atoms with van der Waals surface area (Å²) < 4.78 is 9.13. The smallest absolute Gasteiger partial charge is 0.146 e. The number of furan rings is 1. The van der Waals surface area contributed by atoms with E-state index in [9.17, 15) is 0 Å². The summed E-state index contributed by atoms with van der Waals surface area (Å²) in [6.45, 7) is 6.73. The van der Waals surface area contributed by atoms with Crippen LogP contribution in [0.3, 0.4) is 0 Å². The van der Waals surface area contributed by atoms with Crippen molar-refractivity contribution in [3.8, 4) is 44.8 Å². The monoisotopic (exact) mass is 668 g/mol. The Morgan fingerprint density at radius 1 is 0.462 bits per heavy atom. The molecule has 0 aliphatic rings. The van der Waals surface area contributed by atoms with E-state index < -0.39 is 0 Å². The highest BCUT2D eigenvalue weighted by Gasteiger charge is 2.23. The summed E-state index contributed by atoms with van der Waals surface area (Å²) in [5, 5.41) is 5.82. The summed E-state index contributed by atoms with van der Waals surface area (Å²) in [5.74, 6) is 0. The highest BCUT2D eigenvalue weighted by Crippen LogP contribution is 2.42. The predicted molar refractivity (Wildman–Crippen MR) is 218 cm³/mol. The number of para-hydroxylation sites is 2. The summed E-state index contributed by atoms with van der Waals surface area (Å²) in [4.78, 5) is 5.38. The lowest BCUT2D eigenvalue weighted by molar-refractivity contribution is 0.573. The molecular weight excluding hydrogens is 633 g/mol. The van der Waals surface area contributed by atoms with Gasteiger partial charge in [0.15, 0.2) is 0 Å². The molecule has 0 saturated heterocycles. The van der Waals surface area contributed by atoms with Crippen molar-refractivity contribution >= 4 is 49.3 Å². The van der Waals surface area contributed by atoms with Gasteiger partial charge in [-0.05, 0) is 45.7 Å². The second-order valence-electron chi connectivity index (χ2n) is 14.8. The van der Waals surface area contributed by atoms with Gasteiger partial charge in [-0.2, -0.15) is 0 Å². The van der Waals surface area contributed by atoms with Gasteiger partial charge in [-0.1, -0.05) is 166 Å². The fraction of sp³-hybridized carbons (Fsp3) is 0.0816. The number of pyridine rings is 1. The number of benzene rings is 7. The van der Waals surface area contributed by atoms with Crippen molar-refractivity contribution in [3.63, 3.8) is 0 Å². The minimum atomic E-state index is -0.0268. The van der Waals surface area contributed by atoms with Gasteiger partial charge in [0.1, 0.15) is 16.8 Å². The molecule has 3 nitrogen and oxygen atoms in total. The molecule has 0 N–H and O–H groups in total. The number of aromatic nitrogens is 2. The zero-order valence-electron chi connectivity index (χ0n) is 29.4. The summed E-state index contributed by atoms with van der Waals surface area (Å²) in [5.41, 5.74) is 14.1. The van der Waals surface area contributed by atoms with Crippen LogP contribution in [-0.2, 0) is 5.41 Å². The molecule has 10 rings (SSSR count). The van der Waals surface area contributed by atoms with Gasteiger partial charge in [-0.15, -0.1) is 0 Å². The van der Waals surface area contributed by atoms with E-state index in [-0.39, 0.29) is 5.41 Å². The van der Waals surface area contributed by atoms with Gasteiger partial charge in [-0.25, -0.2) is 4.98 Å². The second-order valence-corrected chi connectivity index (χ2v) is 14.8. The quantitative estimate of drug-likeness (QED) is 0.175. The third-order valence-electron chi connectivity index (χ3n) is 10.5. The molecule has 0 radical (unpaired) electrons. The number of hydrogen-bond acceptors (Lipinski definition) is 2. The molecule has 0 amide bonds. The highest BCUT2D eigenvalue weighted by molar-refractivity contribution is 6.14. The summed E-state index contributed by atoms with van der Waals surface area (Å²) in [7, 11) is 0. The van der Waals surface area contributed by atoms with E-state index in [1.54, 1.807) is 0 Å². The molecule has 3 aromatic heterocycles. The summed E-state index contributed by atoms with van der Waals surface area (Å²) in [6.07, 6.45) is 0. The Bertz CT molecular complexity index is 2980. The van der Waals surface area contributed by atoms with Gasteiger partial charge in [-0.3, -0.25) is 4.40 Å². The molecule has 7 aromatic carbocycles. The topological polar surface area (TPSA) is 30.4 Å². The highest BCUT2D eigenvalue weighted by atomic mass is 16.3. The van der Waals surface area contributed by atoms with Crippen LogP contribution in [0.4, 0.5) is 0 Å². The van der Waals surface area contributed by atoms with Crippen LogP contribution in [0.2, 0.25) is 0 Å². The van der Waals surface area contributed by atoms with Crippen LogP contribution >= 0.6 is 0 Å². The minimum absolute atomic E-state index is 0.0268. The molecule has 10 aromatic rings. The number of hydrogen-bond donors (Lipinski definition) is 0. The fourth-order valence-electron chi connectivity index (χ4n) is 8.04. The van der Waals surface area contributed by atoms with Crippen LogP contribution in [0.25, 0.3) is 94.0 Å². The molecule has 52 heavy (non-hydrogen) atoms. The Morgan fingerprint density at radius 3 is 1.83 bits per heavy atom. The van der Waals surface area contributed by atoms with Crippen molar-refractivity contribution in [1.82, 2.24) is 9.38 Å². The summed E-state index contributed by atoms with van der Waals surface area (Å²) >= 11 is 0. The second kappa shape index (κ2) is 11.5. The van der Waals surface area contributed by atoms with Crippen LogP contribution in [-0.4, -0.2) is 9.38 Å². The number of nitrogens with zero attached hydrogens (tertiary/aromatic N) is 2. The van der Waals surface area contributed by atoms with Crippen LogP contribution in [0, 0.1) is 0 Å². The van der Waals surface area contributed by atoms with Crippen molar-refractivity contribution in [1.29, 1.82) is 0 Å². The zero-order valence-corrected chi connectivity index (χ0v) is 29.4. The summed E-state index contributed by atoms with van der Waals surface area (Å²) in [6, 6.07) is 58.6. The number of imidazole rings is 1. The molecule has 0 spiro atoms. The average Bonchev–Trinajstić information content (AvgIpc) is 3.78. The lowest BCUT2D eigenvalue weighted by atomic mass is 9.86. The average molecular weight is 669 g/mol. The molecule has 0 fully saturated rings. The van der Waals surface area contributed by atoms with Crippen LogP contribution in [0.1, 0.15) is 26.3 Å². The Balaban J connectivity index is 1.19. The standard InChI is InChI=1S/C49H36N2O/c1-49(2,3)42-26-14-25-39-38-24-13-23-36(46(38)52-47(39)42)35-20-12-19-33(29-35)34-27-28-43-41(30-34)37-21-10-11-22-40(37)48-50-44(31-15-6-4-7-16-31)45(51(43)48)32-17-8-5-9-18-32/h4-30H,1-3H3. The van der Waals surface area contributed by atoms with Crippen LogP contribution in [0.15, 0.2) is 168 Å². The van der Waals surface area contributed by atoms with E-state index in [0.29, 0.717) is 0 Å². The van der Waals surface area contributed by atoms with E-state index in [4.69, 9.17) is 9.40 Å². The van der Waals surface area contributed by atoms with Gasteiger partial charge >= 0.3 is 0 Å². The molecule has 248 valence electrons. The van der Waals surface area contributed by atoms with Crippen molar-refractivity contribution in [2.24, 2.45) is 0 Å². The Morgan fingerprint density at radius 2 is 1.06 bits per heavy atom. The molecular formula is C49H36N2O. The number of fused-ring (bicyclic) bond motifs is 9. The Kier molecular flexibility index (Phi) is 6.74. The van der Waals surface area contributed by atoms with Gasteiger partial charge in [0.25, 0.3) is 0 Å². The van der Waals surface area contributed by atoms with Crippen molar-refractivity contribution in [2.75, 3.05) is 0 Å². The first-order valence-corrected chi connectivity index (χ1v) is 18.0. The van der Waals surface area contributed by atoms with Crippen LogP contribution in [0.5, 0.6) is 0 Å². The van der Waals surface area contributed by atoms with E-state index >= 15 is 0 Å². The van der Waals surface area contributed by atoms with E-state index in [2.05, 4.69) is 189 Å². The van der Waals surface area contributed by atoms with Crippen molar-refractivity contribution in [2.45, 2.75) is 26.2 Å². The molecule has 0 aliphatic carbocycles. The van der Waals surface area contributed by atoms with E-state index in [1.807, 2.05) is 0 Å². The first kappa shape index (κ1) is 30.4.